The highest BCUT2D eigenvalue weighted by Gasteiger charge is 2.13. The minimum absolute atomic E-state index is 0.528. The molecule has 0 aromatic heterocycles. The molecule has 0 N–H and O–H groups in total. The lowest BCUT2D eigenvalue weighted by Crippen LogP contribution is -2.03. The Morgan fingerprint density at radius 2 is 1.48 bits per heavy atom. The van der Waals surface area contributed by atoms with E-state index in [9.17, 15) is 0 Å². The quantitative estimate of drug-likeness (QED) is 0.586. The zero-order valence-electron chi connectivity index (χ0n) is 14.3. The molecule has 0 saturated heterocycles. The molecule has 2 aliphatic carbocycles. The third kappa shape index (κ3) is 3.64. The molecule has 0 nitrogen and oxygen atoms in total. The van der Waals surface area contributed by atoms with E-state index in [1.165, 1.54) is 27.8 Å². The van der Waals surface area contributed by atoms with Gasteiger partial charge in [0.2, 0.25) is 0 Å². The van der Waals surface area contributed by atoms with Crippen molar-refractivity contribution >= 4 is 5.57 Å². The molecular weight excluding hydrogens is 300 g/mol. The lowest BCUT2D eigenvalue weighted by atomic mass is 9.86. The molecule has 0 heteroatoms. The monoisotopic (exact) mass is 322 g/mol. The van der Waals surface area contributed by atoms with Crippen molar-refractivity contribution in [2.24, 2.45) is 5.92 Å². The summed E-state index contributed by atoms with van der Waals surface area (Å²) in [6.45, 7) is 0. The normalized spacial score (nSPS) is 19.3. The summed E-state index contributed by atoms with van der Waals surface area (Å²) in [7, 11) is 0. The van der Waals surface area contributed by atoms with Gasteiger partial charge in [0.05, 0.1) is 0 Å². The van der Waals surface area contributed by atoms with Gasteiger partial charge in [-0.15, -0.1) is 0 Å². The number of hydrogen-bond donors (Lipinski definition) is 0. The van der Waals surface area contributed by atoms with E-state index in [2.05, 4.69) is 103 Å². The molecule has 0 heterocycles. The number of hydrogen-bond acceptors (Lipinski definition) is 0. The van der Waals surface area contributed by atoms with Crippen molar-refractivity contribution in [3.8, 4) is 11.1 Å². The van der Waals surface area contributed by atoms with Crippen molar-refractivity contribution in [3.63, 3.8) is 0 Å². The predicted molar refractivity (Wildman–Crippen MR) is 108 cm³/mol. The second kappa shape index (κ2) is 7.36. The van der Waals surface area contributed by atoms with Crippen LogP contribution in [0.5, 0.6) is 0 Å². The van der Waals surface area contributed by atoms with Gasteiger partial charge in [-0.2, -0.15) is 0 Å². The SMILES string of the molecule is C1=CC=C(C2C=CC(c3ccc(-c4ccccc4)cc3)=CC2)CC=C1. The maximum atomic E-state index is 2.38. The van der Waals surface area contributed by atoms with Crippen LogP contribution >= 0.6 is 0 Å². The van der Waals surface area contributed by atoms with Gasteiger partial charge in [0.1, 0.15) is 0 Å². The molecule has 0 bridgehead atoms. The minimum atomic E-state index is 0.528. The van der Waals surface area contributed by atoms with E-state index < -0.39 is 0 Å². The van der Waals surface area contributed by atoms with Gasteiger partial charge >= 0.3 is 0 Å². The molecular formula is C25H22. The molecule has 1 unspecified atom stereocenters. The molecule has 25 heavy (non-hydrogen) atoms. The number of allylic oxidation sites excluding steroid dienone is 10. The van der Waals surface area contributed by atoms with Crippen LogP contribution in [0.2, 0.25) is 0 Å². The smallest absolute Gasteiger partial charge is 0.00211 e. The fraction of sp³-hybridized carbons (Fsp3) is 0.120. The fourth-order valence-corrected chi connectivity index (χ4v) is 3.46. The maximum absolute atomic E-state index is 2.38. The van der Waals surface area contributed by atoms with Gasteiger partial charge in [0.15, 0.2) is 0 Å². The van der Waals surface area contributed by atoms with Gasteiger partial charge in [0.25, 0.3) is 0 Å². The largest absolute Gasteiger partial charge is 0.0804 e. The van der Waals surface area contributed by atoms with E-state index in [1.807, 2.05) is 0 Å². The van der Waals surface area contributed by atoms with E-state index in [0.29, 0.717) is 5.92 Å². The summed E-state index contributed by atoms with van der Waals surface area (Å²) in [5.41, 5.74) is 6.66. The molecule has 4 rings (SSSR count). The first-order valence-electron chi connectivity index (χ1n) is 8.97. The molecule has 2 aliphatic rings. The van der Waals surface area contributed by atoms with Crippen LogP contribution in [0.4, 0.5) is 0 Å². The number of rotatable bonds is 3. The summed E-state index contributed by atoms with van der Waals surface area (Å²) < 4.78 is 0. The van der Waals surface area contributed by atoms with E-state index in [0.717, 1.165) is 12.8 Å². The molecule has 1 atom stereocenters. The van der Waals surface area contributed by atoms with Crippen LogP contribution < -0.4 is 0 Å². The van der Waals surface area contributed by atoms with Crippen molar-refractivity contribution in [1.29, 1.82) is 0 Å². The Morgan fingerprint density at radius 1 is 0.720 bits per heavy atom. The Kier molecular flexibility index (Phi) is 4.61. The molecule has 0 saturated carbocycles. The zero-order chi connectivity index (χ0) is 16.9. The standard InChI is InChI=1S/C25H22/c1-2-5-9-20(8-4-1)22-12-16-24(17-13-22)25-18-14-23(15-19-25)21-10-6-3-7-11-21/h1-8,10-12,14-19,22H,9,13H2. The van der Waals surface area contributed by atoms with Gasteiger partial charge < -0.3 is 0 Å². The van der Waals surface area contributed by atoms with Crippen molar-refractivity contribution < 1.29 is 0 Å². The van der Waals surface area contributed by atoms with Crippen LogP contribution in [0.25, 0.3) is 16.7 Å². The van der Waals surface area contributed by atoms with Crippen LogP contribution in [0, 0.1) is 5.92 Å². The predicted octanol–water partition coefficient (Wildman–Crippen LogP) is 6.76. The average Bonchev–Trinajstić information content (AvgIpc) is 2.99. The van der Waals surface area contributed by atoms with Gasteiger partial charge in [-0.05, 0) is 35.1 Å². The van der Waals surface area contributed by atoms with E-state index in [-0.39, 0.29) is 0 Å². The second-order valence-electron chi connectivity index (χ2n) is 6.56. The van der Waals surface area contributed by atoms with Gasteiger partial charge in [-0.3, -0.25) is 0 Å². The minimum Gasteiger partial charge on any atom is -0.0804 e. The first kappa shape index (κ1) is 15.7. The second-order valence-corrected chi connectivity index (χ2v) is 6.56. The highest BCUT2D eigenvalue weighted by atomic mass is 14.2. The summed E-state index contributed by atoms with van der Waals surface area (Å²) >= 11 is 0. The first-order chi connectivity index (χ1) is 12.4. The molecule has 0 aliphatic heterocycles. The van der Waals surface area contributed by atoms with Gasteiger partial charge in [-0.25, -0.2) is 0 Å². The Bertz CT molecular complexity index is 871. The zero-order valence-corrected chi connectivity index (χ0v) is 14.3. The van der Waals surface area contributed by atoms with E-state index >= 15 is 0 Å². The van der Waals surface area contributed by atoms with Crippen molar-refractivity contribution in [2.75, 3.05) is 0 Å². The Labute approximate surface area is 150 Å². The van der Waals surface area contributed by atoms with Crippen LogP contribution in [0.3, 0.4) is 0 Å². The Hall–Kier alpha value is -2.86. The topological polar surface area (TPSA) is 0 Å². The third-order valence-corrected chi connectivity index (χ3v) is 4.92. The average molecular weight is 322 g/mol. The highest BCUT2D eigenvalue weighted by molar-refractivity contribution is 5.77. The fourth-order valence-electron chi connectivity index (χ4n) is 3.46. The van der Waals surface area contributed by atoms with Crippen LogP contribution in [0.1, 0.15) is 18.4 Å². The van der Waals surface area contributed by atoms with Crippen LogP contribution in [-0.4, -0.2) is 0 Å². The van der Waals surface area contributed by atoms with Gasteiger partial charge in [-0.1, -0.05) is 109 Å². The molecule has 0 radical (unpaired) electrons. The first-order valence-corrected chi connectivity index (χ1v) is 8.97. The Balaban J connectivity index is 1.48. The van der Waals surface area contributed by atoms with Crippen molar-refractivity contribution in [1.82, 2.24) is 0 Å². The Morgan fingerprint density at radius 3 is 2.24 bits per heavy atom. The molecule has 122 valence electrons. The van der Waals surface area contributed by atoms with Crippen molar-refractivity contribution in [3.05, 3.63) is 114 Å². The maximum Gasteiger partial charge on any atom is 0.00211 e. The van der Waals surface area contributed by atoms with Crippen LogP contribution in [-0.2, 0) is 0 Å². The molecule has 2 aromatic rings. The molecule has 0 fully saturated rings. The lowest BCUT2D eigenvalue weighted by Gasteiger charge is -2.19. The van der Waals surface area contributed by atoms with E-state index in [4.69, 9.17) is 0 Å². The molecule has 0 spiro atoms. The summed E-state index contributed by atoms with van der Waals surface area (Å²) in [6.07, 6.45) is 20.0. The number of benzene rings is 2. The summed E-state index contributed by atoms with van der Waals surface area (Å²) in [6, 6.07) is 19.4. The summed E-state index contributed by atoms with van der Waals surface area (Å²) in [5.74, 6) is 0.528. The van der Waals surface area contributed by atoms with E-state index in [1.54, 1.807) is 0 Å². The summed E-state index contributed by atoms with van der Waals surface area (Å²) in [5, 5.41) is 0. The van der Waals surface area contributed by atoms with Crippen molar-refractivity contribution in [2.45, 2.75) is 12.8 Å². The molecule has 2 aromatic carbocycles. The summed E-state index contributed by atoms with van der Waals surface area (Å²) in [4.78, 5) is 0. The van der Waals surface area contributed by atoms with Gasteiger partial charge in [0, 0.05) is 5.92 Å². The third-order valence-electron chi connectivity index (χ3n) is 4.92. The van der Waals surface area contributed by atoms with Crippen LogP contribution in [0.15, 0.2) is 109 Å². The highest BCUT2D eigenvalue weighted by Crippen LogP contribution is 2.31. The lowest BCUT2D eigenvalue weighted by molar-refractivity contribution is 0.749. The molecule has 0 amide bonds.